The predicted molar refractivity (Wildman–Crippen MR) is 56.3 cm³/mol. The van der Waals surface area contributed by atoms with E-state index in [0.29, 0.717) is 5.56 Å². The van der Waals surface area contributed by atoms with E-state index in [4.69, 9.17) is 17.3 Å². The molecule has 1 fully saturated rings. The van der Waals surface area contributed by atoms with Gasteiger partial charge in [-0.2, -0.15) is 0 Å². The van der Waals surface area contributed by atoms with E-state index in [1.807, 2.05) is 0 Å². The first-order valence-corrected chi connectivity index (χ1v) is 5.30. The number of rotatable bonds is 2. The molecule has 0 bridgehead atoms. The van der Waals surface area contributed by atoms with Crippen molar-refractivity contribution < 1.29 is 13.2 Å². The zero-order valence-electron chi connectivity index (χ0n) is 8.44. The largest absolute Gasteiger partial charge is 0.330 e. The Labute approximate surface area is 96.4 Å². The van der Waals surface area contributed by atoms with Crippen molar-refractivity contribution in [2.75, 3.05) is 6.54 Å². The van der Waals surface area contributed by atoms with Crippen LogP contribution in [0.5, 0.6) is 0 Å². The number of hydrogen-bond donors (Lipinski definition) is 1. The molecule has 0 radical (unpaired) electrons. The van der Waals surface area contributed by atoms with Gasteiger partial charge in [-0.3, -0.25) is 0 Å². The first-order chi connectivity index (χ1) is 7.38. The molecule has 1 aliphatic carbocycles. The summed E-state index contributed by atoms with van der Waals surface area (Å²) in [6, 6.07) is 4.05. The van der Waals surface area contributed by atoms with Crippen LogP contribution in [0, 0.1) is 5.82 Å². The monoisotopic (exact) mass is 249 g/mol. The second kappa shape index (κ2) is 3.64. The number of nitrogens with two attached hydrogens (primary N) is 1. The smallest absolute Gasteiger partial charge is 0.250 e. The van der Waals surface area contributed by atoms with Crippen molar-refractivity contribution in [2.45, 2.75) is 24.2 Å². The molecular weight excluding hydrogens is 239 g/mol. The lowest BCUT2D eigenvalue weighted by Crippen LogP contribution is -2.53. The lowest BCUT2D eigenvalue weighted by atomic mass is 9.62. The highest BCUT2D eigenvalue weighted by Crippen LogP contribution is 2.53. The normalized spacial score (nSPS) is 21.6. The van der Waals surface area contributed by atoms with Crippen LogP contribution in [0.15, 0.2) is 18.2 Å². The summed E-state index contributed by atoms with van der Waals surface area (Å²) in [5.74, 6) is -3.22. The van der Waals surface area contributed by atoms with Crippen molar-refractivity contribution in [3.63, 3.8) is 0 Å². The molecule has 0 aromatic heterocycles. The Hall–Kier alpha value is -0.740. The molecule has 0 amide bonds. The van der Waals surface area contributed by atoms with Crippen LogP contribution in [-0.2, 0) is 5.41 Å². The van der Waals surface area contributed by atoms with E-state index in [2.05, 4.69) is 0 Å². The van der Waals surface area contributed by atoms with Gasteiger partial charge in [-0.1, -0.05) is 17.7 Å². The van der Waals surface area contributed by atoms with Gasteiger partial charge in [-0.25, -0.2) is 13.2 Å². The standard InChI is InChI=1S/C11H11ClF3N/c12-8-3-7(1-2-9(8)13)10(6-16)4-11(14,15)5-10/h1-3H,4-6,16H2. The average molecular weight is 250 g/mol. The molecule has 0 atom stereocenters. The van der Waals surface area contributed by atoms with Crippen LogP contribution in [0.1, 0.15) is 18.4 Å². The van der Waals surface area contributed by atoms with Gasteiger partial charge in [0, 0.05) is 24.8 Å². The van der Waals surface area contributed by atoms with Crippen molar-refractivity contribution in [3.05, 3.63) is 34.6 Å². The van der Waals surface area contributed by atoms with Gasteiger partial charge in [0.25, 0.3) is 0 Å². The molecule has 1 nitrogen and oxygen atoms in total. The maximum Gasteiger partial charge on any atom is 0.250 e. The van der Waals surface area contributed by atoms with Crippen LogP contribution in [0.2, 0.25) is 5.02 Å². The van der Waals surface area contributed by atoms with Gasteiger partial charge in [-0.05, 0) is 17.7 Å². The Kier molecular flexibility index (Phi) is 2.67. The molecule has 2 N–H and O–H groups in total. The number of alkyl halides is 2. The van der Waals surface area contributed by atoms with Crippen LogP contribution in [0.25, 0.3) is 0 Å². The van der Waals surface area contributed by atoms with E-state index in [0.717, 1.165) is 0 Å². The molecular formula is C11H11ClF3N. The third-order valence-corrected chi connectivity index (χ3v) is 3.41. The minimum absolute atomic E-state index is 0.0551. The Morgan fingerprint density at radius 2 is 1.94 bits per heavy atom. The van der Waals surface area contributed by atoms with Crippen molar-refractivity contribution >= 4 is 11.6 Å². The fourth-order valence-corrected chi connectivity index (χ4v) is 2.41. The Morgan fingerprint density at radius 1 is 1.31 bits per heavy atom. The highest BCUT2D eigenvalue weighted by atomic mass is 35.5. The van der Waals surface area contributed by atoms with E-state index >= 15 is 0 Å². The van der Waals surface area contributed by atoms with E-state index in [1.165, 1.54) is 18.2 Å². The second-order valence-electron chi connectivity index (χ2n) is 4.32. The number of benzene rings is 1. The fraction of sp³-hybridized carbons (Fsp3) is 0.455. The first kappa shape index (κ1) is 11.7. The SMILES string of the molecule is NCC1(c2ccc(F)c(Cl)c2)CC(F)(F)C1. The Morgan fingerprint density at radius 3 is 2.38 bits per heavy atom. The van der Waals surface area contributed by atoms with Gasteiger partial charge in [0.2, 0.25) is 5.92 Å². The van der Waals surface area contributed by atoms with Crippen LogP contribution < -0.4 is 5.73 Å². The minimum Gasteiger partial charge on any atom is -0.330 e. The first-order valence-electron chi connectivity index (χ1n) is 4.92. The lowest BCUT2D eigenvalue weighted by Gasteiger charge is -2.47. The second-order valence-corrected chi connectivity index (χ2v) is 4.73. The molecule has 0 heterocycles. The molecule has 2 rings (SSSR count). The summed E-state index contributed by atoms with van der Waals surface area (Å²) in [4.78, 5) is 0. The highest BCUT2D eigenvalue weighted by molar-refractivity contribution is 6.30. The van der Waals surface area contributed by atoms with Crippen LogP contribution in [0.4, 0.5) is 13.2 Å². The number of hydrogen-bond acceptors (Lipinski definition) is 1. The van der Waals surface area contributed by atoms with E-state index < -0.39 is 17.2 Å². The van der Waals surface area contributed by atoms with Crippen LogP contribution in [0.3, 0.4) is 0 Å². The molecule has 0 aliphatic heterocycles. The molecule has 1 aromatic rings. The molecule has 5 heteroatoms. The molecule has 0 saturated heterocycles. The van der Waals surface area contributed by atoms with Crippen molar-refractivity contribution in [1.82, 2.24) is 0 Å². The van der Waals surface area contributed by atoms with Crippen molar-refractivity contribution in [1.29, 1.82) is 0 Å². The third-order valence-electron chi connectivity index (χ3n) is 3.12. The summed E-state index contributed by atoms with van der Waals surface area (Å²) in [5.41, 5.74) is 5.38. The van der Waals surface area contributed by atoms with Crippen molar-refractivity contribution in [3.8, 4) is 0 Å². The topological polar surface area (TPSA) is 26.0 Å². The van der Waals surface area contributed by atoms with Gasteiger partial charge in [0.05, 0.1) is 5.02 Å². The fourth-order valence-electron chi connectivity index (χ4n) is 2.23. The molecule has 0 unspecified atom stereocenters. The molecule has 0 spiro atoms. The van der Waals surface area contributed by atoms with E-state index in [1.54, 1.807) is 0 Å². The zero-order valence-corrected chi connectivity index (χ0v) is 9.20. The Bertz CT molecular complexity index is 412. The summed E-state index contributed by atoms with van der Waals surface area (Å²) >= 11 is 5.63. The highest BCUT2D eigenvalue weighted by Gasteiger charge is 2.56. The average Bonchev–Trinajstić information content (AvgIpc) is 2.18. The summed E-state index contributed by atoms with van der Waals surface area (Å²) < 4.78 is 38.8. The van der Waals surface area contributed by atoms with Gasteiger partial charge >= 0.3 is 0 Å². The predicted octanol–water partition coefficient (Wildman–Crippen LogP) is 3.10. The van der Waals surface area contributed by atoms with Gasteiger partial charge < -0.3 is 5.73 Å². The van der Waals surface area contributed by atoms with Gasteiger partial charge in [0.1, 0.15) is 5.82 Å². The Balaban J connectivity index is 2.32. The maximum atomic E-state index is 13.0. The van der Waals surface area contributed by atoms with E-state index in [9.17, 15) is 13.2 Å². The minimum atomic E-state index is -2.67. The van der Waals surface area contributed by atoms with Gasteiger partial charge in [-0.15, -0.1) is 0 Å². The third kappa shape index (κ3) is 1.80. The summed E-state index contributed by atoms with van der Waals surface area (Å²) in [6.45, 7) is 0.116. The molecule has 1 aliphatic rings. The summed E-state index contributed by atoms with van der Waals surface area (Å²) in [5, 5.41) is -0.0551. The summed E-state index contributed by atoms with van der Waals surface area (Å²) in [6.07, 6.45) is -0.586. The van der Waals surface area contributed by atoms with Crippen LogP contribution in [-0.4, -0.2) is 12.5 Å². The van der Waals surface area contributed by atoms with Crippen molar-refractivity contribution in [2.24, 2.45) is 5.73 Å². The zero-order chi connectivity index (χ0) is 12.0. The molecule has 1 aromatic carbocycles. The molecule has 1 saturated carbocycles. The number of halogens is 4. The molecule has 88 valence electrons. The van der Waals surface area contributed by atoms with E-state index in [-0.39, 0.29) is 24.4 Å². The maximum absolute atomic E-state index is 13.0. The van der Waals surface area contributed by atoms with Gasteiger partial charge in [0.15, 0.2) is 0 Å². The lowest BCUT2D eigenvalue weighted by molar-refractivity contribution is -0.123. The van der Waals surface area contributed by atoms with Crippen LogP contribution >= 0.6 is 11.6 Å². The molecule has 16 heavy (non-hydrogen) atoms. The quantitative estimate of drug-likeness (QED) is 0.856. The summed E-state index contributed by atoms with van der Waals surface area (Å²) in [7, 11) is 0.